The molecule has 0 fully saturated rings. The fourth-order valence-electron chi connectivity index (χ4n) is 2.23. The Morgan fingerprint density at radius 1 is 1.17 bits per heavy atom. The number of hydrogen-bond acceptors (Lipinski definition) is 3. The van der Waals surface area contributed by atoms with E-state index in [9.17, 15) is 0 Å². The van der Waals surface area contributed by atoms with Crippen molar-refractivity contribution in [1.29, 1.82) is 0 Å². The highest BCUT2D eigenvalue weighted by atomic mass is 16.5. The molecule has 0 saturated carbocycles. The van der Waals surface area contributed by atoms with Crippen molar-refractivity contribution < 1.29 is 4.74 Å². The van der Waals surface area contributed by atoms with Crippen LogP contribution in [0.25, 0.3) is 0 Å². The van der Waals surface area contributed by atoms with Gasteiger partial charge in [-0.25, -0.2) is 0 Å². The van der Waals surface area contributed by atoms with Gasteiger partial charge in [0.05, 0.1) is 12.7 Å². The number of aliphatic imine (C=N–C) groups is 1. The van der Waals surface area contributed by atoms with Gasteiger partial charge in [-0.3, -0.25) is 9.98 Å². The summed E-state index contributed by atoms with van der Waals surface area (Å²) in [6.07, 6.45) is 3.44. The lowest BCUT2D eigenvalue weighted by Crippen LogP contribution is -2.39. The fraction of sp³-hybridized carbons (Fsp3) is 0.368. The molecule has 0 bridgehead atoms. The summed E-state index contributed by atoms with van der Waals surface area (Å²) in [6, 6.07) is 14.2. The number of pyridine rings is 1. The fourth-order valence-corrected chi connectivity index (χ4v) is 2.23. The smallest absolute Gasteiger partial charge is 0.191 e. The normalized spacial score (nSPS) is 12.5. The topological polar surface area (TPSA) is 58.5 Å². The van der Waals surface area contributed by atoms with Crippen molar-refractivity contribution in [2.45, 2.75) is 19.8 Å². The van der Waals surface area contributed by atoms with Crippen molar-refractivity contribution in [2.24, 2.45) is 4.99 Å². The van der Waals surface area contributed by atoms with Crippen LogP contribution in [0.2, 0.25) is 0 Å². The van der Waals surface area contributed by atoms with Crippen LogP contribution in [0, 0.1) is 0 Å². The molecule has 0 radical (unpaired) electrons. The SMILES string of the molecule is CCNC(=NCC(C)c1ccccc1)NCCOc1cccnc1. The predicted octanol–water partition coefficient (Wildman–Crippen LogP) is 2.82. The number of rotatable bonds is 8. The average Bonchev–Trinajstić information content (AvgIpc) is 2.64. The first-order valence-corrected chi connectivity index (χ1v) is 8.39. The lowest BCUT2D eigenvalue weighted by Gasteiger charge is -2.14. The minimum Gasteiger partial charge on any atom is -0.490 e. The Kier molecular flexibility index (Phi) is 7.60. The molecule has 5 nitrogen and oxygen atoms in total. The first-order chi connectivity index (χ1) is 11.8. The van der Waals surface area contributed by atoms with E-state index in [0.717, 1.165) is 24.8 Å². The van der Waals surface area contributed by atoms with E-state index in [1.807, 2.05) is 18.2 Å². The standard InChI is InChI=1S/C19H26N4O/c1-3-21-19(22-12-13-24-18-10-7-11-20-15-18)23-14-16(2)17-8-5-4-6-9-17/h4-11,15-16H,3,12-14H2,1-2H3,(H2,21,22,23). The highest BCUT2D eigenvalue weighted by molar-refractivity contribution is 5.79. The summed E-state index contributed by atoms with van der Waals surface area (Å²) in [7, 11) is 0. The third kappa shape index (κ3) is 6.28. The summed E-state index contributed by atoms with van der Waals surface area (Å²) < 4.78 is 5.62. The van der Waals surface area contributed by atoms with Crippen LogP contribution in [0.4, 0.5) is 0 Å². The zero-order valence-electron chi connectivity index (χ0n) is 14.4. The molecule has 24 heavy (non-hydrogen) atoms. The van der Waals surface area contributed by atoms with Gasteiger partial charge in [-0.2, -0.15) is 0 Å². The van der Waals surface area contributed by atoms with Gasteiger partial charge < -0.3 is 15.4 Å². The van der Waals surface area contributed by atoms with E-state index in [1.165, 1.54) is 5.56 Å². The lowest BCUT2D eigenvalue weighted by molar-refractivity contribution is 0.320. The number of benzene rings is 1. The van der Waals surface area contributed by atoms with Gasteiger partial charge in [0.25, 0.3) is 0 Å². The molecule has 0 aliphatic heterocycles. The Balaban J connectivity index is 1.78. The monoisotopic (exact) mass is 326 g/mol. The van der Waals surface area contributed by atoms with E-state index >= 15 is 0 Å². The van der Waals surface area contributed by atoms with Crippen LogP contribution >= 0.6 is 0 Å². The third-order valence-corrected chi connectivity index (χ3v) is 3.53. The molecular formula is C19H26N4O. The van der Waals surface area contributed by atoms with E-state index < -0.39 is 0 Å². The Morgan fingerprint density at radius 3 is 2.71 bits per heavy atom. The Labute approximate surface area is 144 Å². The first-order valence-electron chi connectivity index (χ1n) is 8.39. The number of nitrogens with one attached hydrogen (secondary N) is 2. The maximum absolute atomic E-state index is 5.62. The molecule has 0 aliphatic carbocycles. The summed E-state index contributed by atoms with van der Waals surface area (Å²) in [4.78, 5) is 8.68. The van der Waals surface area contributed by atoms with Crippen LogP contribution in [-0.2, 0) is 0 Å². The number of nitrogens with zero attached hydrogens (tertiary/aromatic N) is 2. The zero-order valence-corrected chi connectivity index (χ0v) is 14.4. The van der Waals surface area contributed by atoms with Crippen molar-refractivity contribution in [1.82, 2.24) is 15.6 Å². The van der Waals surface area contributed by atoms with Crippen LogP contribution in [0.3, 0.4) is 0 Å². The van der Waals surface area contributed by atoms with E-state index in [0.29, 0.717) is 19.1 Å². The molecule has 5 heteroatoms. The van der Waals surface area contributed by atoms with E-state index in [2.05, 4.69) is 58.7 Å². The largest absolute Gasteiger partial charge is 0.490 e. The van der Waals surface area contributed by atoms with Gasteiger partial charge in [0.2, 0.25) is 0 Å². The number of guanidine groups is 1. The molecule has 1 atom stereocenters. The average molecular weight is 326 g/mol. The van der Waals surface area contributed by atoms with Gasteiger partial charge in [-0.05, 0) is 24.6 Å². The summed E-state index contributed by atoms with van der Waals surface area (Å²) >= 11 is 0. The van der Waals surface area contributed by atoms with Crippen molar-refractivity contribution in [3.8, 4) is 5.75 Å². The summed E-state index contributed by atoms with van der Waals surface area (Å²) in [5, 5.41) is 6.55. The number of hydrogen-bond donors (Lipinski definition) is 2. The van der Waals surface area contributed by atoms with Gasteiger partial charge in [0, 0.05) is 25.2 Å². The van der Waals surface area contributed by atoms with Crippen LogP contribution in [0.5, 0.6) is 5.75 Å². The zero-order chi connectivity index (χ0) is 17.0. The van der Waals surface area contributed by atoms with Crippen molar-refractivity contribution in [3.63, 3.8) is 0 Å². The van der Waals surface area contributed by atoms with E-state index in [4.69, 9.17) is 4.74 Å². The van der Waals surface area contributed by atoms with E-state index in [1.54, 1.807) is 12.4 Å². The summed E-state index contributed by atoms with van der Waals surface area (Å²) in [6.45, 7) is 7.06. The molecule has 0 amide bonds. The van der Waals surface area contributed by atoms with Gasteiger partial charge >= 0.3 is 0 Å². The van der Waals surface area contributed by atoms with Gasteiger partial charge in [0.1, 0.15) is 12.4 Å². The molecule has 0 spiro atoms. The predicted molar refractivity (Wildman–Crippen MR) is 98.6 cm³/mol. The first kappa shape index (κ1) is 17.8. The maximum Gasteiger partial charge on any atom is 0.191 e. The van der Waals surface area contributed by atoms with Crippen molar-refractivity contribution in [3.05, 3.63) is 60.4 Å². The Morgan fingerprint density at radius 2 is 2.00 bits per heavy atom. The van der Waals surface area contributed by atoms with Crippen LogP contribution in [0.15, 0.2) is 59.9 Å². The van der Waals surface area contributed by atoms with Crippen LogP contribution in [0.1, 0.15) is 25.3 Å². The molecule has 1 aromatic carbocycles. The summed E-state index contributed by atoms with van der Waals surface area (Å²) in [5.41, 5.74) is 1.30. The molecular weight excluding hydrogens is 300 g/mol. The highest BCUT2D eigenvalue weighted by Crippen LogP contribution is 2.14. The second kappa shape index (κ2) is 10.3. The van der Waals surface area contributed by atoms with Crippen LogP contribution in [-0.4, -0.2) is 37.2 Å². The molecule has 2 N–H and O–H groups in total. The molecule has 128 valence electrons. The van der Waals surface area contributed by atoms with Crippen LogP contribution < -0.4 is 15.4 Å². The minimum atomic E-state index is 0.383. The second-order valence-corrected chi connectivity index (χ2v) is 5.50. The number of aromatic nitrogens is 1. The number of ether oxygens (including phenoxy) is 1. The van der Waals surface area contributed by atoms with Gasteiger partial charge in [-0.15, -0.1) is 0 Å². The second-order valence-electron chi connectivity index (χ2n) is 5.50. The van der Waals surface area contributed by atoms with Crippen molar-refractivity contribution >= 4 is 5.96 Å². The minimum absolute atomic E-state index is 0.383. The molecule has 0 saturated heterocycles. The highest BCUT2D eigenvalue weighted by Gasteiger charge is 2.05. The molecule has 1 heterocycles. The van der Waals surface area contributed by atoms with E-state index in [-0.39, 0.29) is 0 Å². The molecule has 0 aliphatic rings. The van der Waals surface area contributed by atoms with Crippen molar-refractivity contribution in [2.75, 3.05) is 26.2 Å². The third-order valence-electron chi connectivity index (χ3n) is 3.53. The Hall–Kier alpha value is -2.56. The molecule has 1 aromatic heterocycles. The molecule has 2 aromatic rings. The Bertz CT molecular complexity index is 601. The molecule has 1 unspecified atom stereocenters. The lowest BCUT2D eigenvalue weighted by atomic mass is 10.0. The quantitative estimate of drug-likeness (QED) is 0.445. The van der Waals surface area contributed by atoms with Gasteiger partial charge in [0.15, 0.2) is 5.96 Å². The molecule has 2 rings (SSSR count). The maximum atomic E-state index is 5.62. The van der Waals surface area contributed by atoms with Gasteiger partial charge in [-0.1, -0.05) is 37.3 Å². The summed E-state index contributed by atoms with van der Waals surface area (Å²) in [5.74, 6) is 1.97.